The van der Waals surface area contributed by atoms with Crippen molar-refractivity contribution in [1.29, 1.82) is 0 Å². The number of hydrogen-bond acceptors (Lipinski definition) is 4. The van der Waals surface area contributed by atoms with Crippen molar-refractivity contribution in [3.8, 4) is 0 Å². The highest BCUT2D eigenvalue weighted by molar-refractivity contribution is 7.92. The third kappa shape index (κ3) is 3.18. The Morgan fingerprint density at radius 2 is 2.12 bits per heavy atom. The fraction of sp³-hybridized carbons (Fsp3) is 0.900. The van der Waals surface area contributed by atoms with Gasteiger partial charge in [-0.3, -0.25) is 4.79 Å². The fourth-order valence-corrected chi connectivity index (χ4v) is 3.87. The van der Waals surface area contributed by atoms with Gasteiger partial charge in [0, 0.05) is 13.6 Å². The second-order valence-corrected chi connectivity index (χ2v) is 6.72. The standard InChI is InChI=1S/C10H19NO4S/c1-8(12)7-11(2)10(13)9-5-3-4-6-16(9,14)15/h8-9,12H,3-7H2,1-2H3. The molecule has 0 aromatic carbocycles. The van der Waals surface area contributed by atoms with Crippen LogP contribution < -0.4 is 0 Å². The molecule has 1 aliphatic rings. The Labute approximate surface area is 96.4 Å². The summed E-state index contributed by atoms with van der Waals surface area (Å²) in [5.41, 5.74) is 0. The van der Waals surface area contributed by atoms with Crippen LogP contribution in [0.15, 0.2) is 0 Å². The number of amides is 1. The van der Waals surface area contributed by atoms with E-state index in [0.717, 1.165) is 6.42 Å². The minimum atomic E-state index is -3.28. The first-order valence-corrected chi connectivity index (χ1v) is 7.21. The molecule has 94 valence electrons. The highest BCUT2D eigenvalue weighted by Gasteiger charge is 2.36. The average molecular weight is 249 g/mol. The molecule has 1 N–H and O–H groups in total. The number of hydrogen-bond donors (Lipinski definition) is 1. The predicted octanol–water partition coefficient (Wildman–Crippen LogP) is -0.207. The van der Waals surface area contributed by atoms with E-state index in [0.29, 0.717) is 12.8 Å². The third-order valence-corrected chi connectivity index (χ3v) is 4.93. The van der Waals surface area contributed by atoms with Crippen LogP contribution in [0, 0.1) is 0 Å². The zero-order chi connectivity index (χ0) is 12.3. The zero-order valence-electron chi connectivity index (χ0n) is 9.72. The number of likely N-dealkylation sites (N-methyl/N-ethyl adjacent to an activating group) is 1. The molecule has 0 spiro atoms. The molecule has 1 saturated heterocycles. The van der Waals surface area contributed by atoms with E-state index in [2.05, 4.69) is 0 Å². The Kier molecular flexibility index (Phi) is 4.32. The lowest BCUT2D eigenvalue weighted by atomic mass is 10.1. The molecule has 0 saturated carbocycles. The van der Waals surface area contributed by atoms with Gasteiger partial charge in [-0.1, -0.05) is 6.42 Å². The molecular formula is C10H19NO4S. The summed E-state index contributed by atoms with van der Waals surface area (Å²) < 4.78 is 23.4. The van der Waals surface area contributed by atoms with Gasteiger partial charge in [0.1, 0.15) is 5.25 Å². The van der Waals surface area contributed by atoms with Crippen LogP contribution >= 0.6 is 0 Å². The molecule has 1 heterocycles. The normalized spacial score (nSPS) is 26.1. The van der Waals surface area contributed by atoms with Gasteiger partial charge in [-0.15, -0.1) is 0 Å². The molecule has 1 aliphatic heterocycles. The molecule has 1 fully saturated rings. The molecule has 1 rings (SSSR count). The van der Waals surface area contributed by atoms with Crippen molar-refractivity contribution in [2.75, 3.05) is 19.3 Å². The van der Waals surface area contributed by atoms with Gasteiger partial charge in [-0.25, -0.2) is 8.42 Å². The number of nitrogens with zero attached hydrogens (tertiary/aromatic N) is 1. The largest absolute Gasteiger partial charge is 0.392 e. The number of sulfone groups is 1. The number of carbonyl (C=O) groups excluding carboxylic acids is 1. The van der Waals surface area contributed by atoms with Crippen LogP contribution in [-0.4, -0.2) is 55.0 Å². The van der Waals surface area contributed by atoms with Crippen molar-refractivity contribution >= 4 is 15.7 Å². The summed E-state index contributed by atoms with van der Waals surface area (Å²) in [5.74, 6) is -0.285. The molecular weight excluding hydrogens is 230 g/mol. The van der Waals surface area contributed by atoms with Crippen LogP contribution in [0.3, 0.4) is 0 Å². The molecule has 0 radical (unpaired) electrons. The number of aliphatic hydroxyl groups excluding tert-OH is 1. The minimum absolute atomic E-state index is 0.103. The van der Waals surface area contributed by atoms with E-state index in [1.807, 2.05) is 0 Å². The quantitative estimate of drug-likeness (QED) is 0.751. The van der Waals surface area contributed by atoms with Gasteiger partial charge in [0.15, 0.2) is 9.84 Å². The second-order valence-electron chi connectivity index (χ2n) is 4.42. The van der Waals surface area contributed by atoms with E-state index in [-0.39, 0.29) is 18.2 Å². The van der Waals surface area contributed by atoms with Crippen LogP contribution in [0.25, 0.3) is 0 Å². The second kappa shape index (κ2) is 5.14. The number of carbonyl (C=O) groups is 1. The lowest BCUT2D eigenvalue weighted by Crippen LogP contribution is -2.45. The molecule has 6 heteroatoms. The Morgan fingerprint density at radius 1 is 1.50 bits per heavy atom. The first-order chi connectivity index (χ1) is 7.34. The monoisotopic (exact) mass is 249 g/mol. The molecule has 2 atom stereocenters. The third-order valence-electron chi connectivity index (χ3n) is 2.77. The molecule has 2 unspecified atom stereocenters. The highest BCUT2D eigenvalue weighted by Crippen LogP contribution is 2.21. The van der Waals surface area contributed by atoms with Gasteiger partial charge in [0.05, 0.1) is 11.9 Å². The lowest BCUT2D eigenvalue weighted by Gasteiger charge is -2.27. The lowest BCUT2D eigenvalue weighted by molar-refractivity contribution is -0.130. The molecule has 5 nitrogen and oxygen atoms in total. The topological polar surface area (TPSA) is 74.7 Å². The van der Waals surface area contributed by atoms with E-state index in [1.165, 1.54) is 11.9 Å². The van der Waals surface area contributed by atoms with Gasteiger partial charge >= 0.3 is 0 Å². The Hall–Kier alpha value is -0.620. The summed E-state index contributed by atoms with van der Waals surface area (Å²) in [4.78, 5) is 13.2. The van der Waals surface area contributed by atoms with Crippen LogP contribution in [0.2, 0.25) is 0 Å². The molecule has 1 amide bonds. The Morgan fingerprint density at radius 3 is 2.62 bits per heavy atom. The molecule has 0 bridgehead atoms. The van der Waals surface area contributed by atoms with E-state index >= 15 is 0 Å². The zero-order valence-corrected chi connectivity index (χ0v) is 10.5. The van der Waals surface area contributed by atoms with Crippen LogP contribution in [-0.2, 0) is 14.6 Å². The Balaban J connectivity index is 2.72. The Bertz CT molecular complexity index is 350. The van der Waals surface area contributed by atoms with Gasteiger partial charge in [0.25, 0.3) is 0 Å². The maximum Gasteiger partial charge on any atom is 0.240 e. The summed E-state index contributed by atoms with van der Waals surface area (Å²) in [6.07, 6.45) is 1.19. The number of rotatable bonds is 3. The van der Waals surface area contributed by atoms with Crippen molar-refractivity contribution in [3.63, 3.8) is 0 Å². The predicted molar refractivity (Wildman–Crippen MR) is 60.7 cm³/mol. The fourth-order valence-electron chi connectivity index (χ4n) is 1.96. The maximum absolute atomic E-state index is 11.9. The van der Waals surface area contributed by atoms with Gasteiger partial charge in [-0.05, 0) is 19.8 Å². The van der Waals surface area contributed by atoms with Crippen LogP contribution in [0.4, 0.5) is 0 Å². The van der Waals surface area contributed by atoms with E-state index in [4.69, 9.17) is 5.11 Å². The SMILES string of the molecule is CC(O)CN(C)C(=O)C1CCCCS1(=O)=O. The van der Waals surface area contributed by atoms with Crippen molar-refractivity contribution in [2.24, 2.45) is 0 Å². The van der Waals surface area contributed by atoms with Crippen molar-refractivity contribution in [3.05, 3.63) is 0 Å². The van der Waals surface area contributed by atoms with Crippen molar-refractivity contribution < 1.29 is 18.3 Å². The summed E-state index contributed by atoms with van der Waals surface area (Å²) in [5, 5.41) is 8.26. The molecule has 0 aromatic rings. The van der Waals surface area contributed by atoms with Gasteiger partial charge < -0.3 is 10.0 Å². The van der Waals surface area contributed by atoms with Crippen LogP contribution in [0.5, 0.6) is 0 Å². The van der Waals surface area contributed by atoms with Crippen LogP contribution in [0.1, 0.15) is 26.2 Å². The van der Waals surface area contributed by atoms with E-state index in [9.17, 15) is 13.2 Å². The first-order valence-electron chi connectivity index (χ1n) is 5.49. The summed E-state index contributed by atoms with van der Waals surface area (Å²) in [7, 11) is -1.75. The first kappa shape index (κ1) is 13.4. The molecule has 16 heavy (non-hydrogen) atoms. The molecule has 0 aliphatic carbocycles. The van der Waals surface area contributed by atoms with Gasteiger partial charge in [-0.2, -0.15) is 0 Å². The highest BCUT2D eigenvalue weighted by atomic mass is 32.2. The van der Waals surface area contributed by atoms with E-state index < -0.39 is 21.2 Å². The van der Waals surface area contributed by atoms with Crippen molar-refractivity contribution in [2.45, 2.75) is 37.5 Å². The smallest absolute Gasteiger partial charge is 0.240 e. The van der Waals surface area contributed by atoms with Crippen molar-refractivity contribution in [1.82, 2.24) is 4.90 Å². The van der Waals surface area contributed by atoms with E-state index in [1.54, 1.807) is 6.92 Å². The minimum Gasteiger partial charge on any atom is -0.392 e. The maximum atomic E-state index is 11.9. The summed E-state index contributed by atoms with van der Waals surface area (Å²) in [6, 6.07) is 0. The summed E-state index contributed by atoms with van der Waals surface area (Å²) >= 11 is 0. The molecule has 0 aromatic heterocycles. The number of aliphatic hydroxyl groups is 1. The van der Waals surface area contributed by atoms with Gasteiger partial charge in [0.2, 0.25) is 5.91 Å². The average Bonchev–Trinajstić information content (AvgIpc) is 2.15. The summed E-state index contributed by atoms with van der Waals surface area (Å²) in [6.45, 7) is 1.74.